The van der Waals surface area contributed by atoms with E-state index in [4.69, 9.17) is 4.74 Å². The fourth-order valence-electron chi connectivity index (χ4n) is 3.10. The number of anilines is 1. The zero-order valence-corrected chi connectivity index (χ0v) is 17.3. The lowest BCUT2D eigenvalue weighted by atomic mass is 10.2. The first-order valence-electron chi connectivity index (χ1n) is 8.73. The Morgan fingerprint density at radius 3 is 2.63 bits per heavy atom. The number of hydrogen-bond donors (Lipinski definition) is 1. The molecule has 6 nitrogen and oxygen atoms in total. The van der Waals surface area contributed by atoms with Crippen molar-refractivity contribution >= 4 is 37.5 Å². The van der Waals surface area contributed by atoms with Crippen molar-refractivity contribution in [3.63, 3.8) is 0 Å². The first kappa shape index (κ1) is 19.9. The molecule has 0 saturated carbocycles. The highest BCUT2D eigenvalue weighted by molar-refractivity contribution is 9.10. The number of carbonyl (C=O) groups is 1. The van der Waals surface area contributed by atoms with Gasteiger partial charge >= 0.3 is 0 Å². The highest BCUT2D eigenvalue weighted by atomic mass is 79.9. The van der Waals surface area contributed by atoms with Crippen LogP contribution in [0.15, 0.2) is 57.9 Å². The maximum Gasteiger partial charge on any atom is 0.243 e. The fraction of sp³-hybridized carbons (Fsp3) is 0.316. The van der Waals surface area contributed by atoms with Gasteiger partial charge in [-0.3, -0.25) is 4.79 Å². The fourth-order valence-corrected chi connectivity index (χ4v) is 5.02. The lowest BCUT2D eigenvalue weighted by molar-refractivity contribution is -0.119. The van der Waals surface area contributed by atoms with Crippen LogP contribution in [0.1, 0.15) is 19.8 Å². The van der Waals surface area contributed by atoms with Gasteiger partial charge in [0.2, 0.25) is 15.9 Å². The van der Waals surface area contributed by atoms with E-state index in [0.29, 0.717) is 37.4 Å². The number of amides is 1. The predicted octanol–water partition coefficient (Wildman–Crippen LogP) is 3.64. The topological polar surface area (TPSA) is 75.7 Å². The number of rotatable bonds is 6. The van der Waals surface area contributed by atoms with Gasteiger partial charge in [-0.2, -0.15) is 4.31 Å². The van der Waals surface area contributed by atoms with E-state index in [2.05, 4.69) is 21.2 Å². The molecule has 1 aliphatic rings. The Hall–Kier alpha value is -1.90. The van der Waals surface area contributed by atoms with E-state index in [-0.39, 0.29) is 10.8 Å². The molecular weight excluding hydrogens is 432 g/mol. The summed E-state index contributed by atoms with van der Waals surface area (Å²) in [6.45, 7) is 2.66. The van der Waals surface area contributed by atoms with E-state index in [0.717, 1.165) is 4.47 Å². The standard InChI is InChI=1S/C19H21BrN2O4S/c1-2-26-18-8-4-3-6-16(18)21-19(23)17-7-5-13-22(17)27(24,25)15-11-9-14(20)10-12-15/h3-4,6,8-12,17H,2,5,7,13H2,1H3,(H,21,23). The number of carbonyl (C=O) groups excluding carboxylic acids is 1. The third-order valence-corrected chi connectivity index (χ3v) is 6.82. The zero-order chi connectivity index (χ0) is 19.4. The first-order chi connectivity index (χ1) is 12.9. The zero-order valence-electron chi connectivity index (χ0n) is 14.9. The van der Waals surface area contributed by atoms with Crippen LogP contribution in [-0.2, 0) is 14.8 Å². The van der Waals surface area contributed by atoms with Gasteiger partial charge in [0.25, 0.3) is 0 Å². The number of sulfonamides is 1. The Morgan fingerprint density at radius 2 is 1.93 bits per heavy atom. The van der Waals surface area contributed by atoms with Gasteiger partial charge in [-0.25, -0.2) is 8.42 Å². The summed E-state index contributed by atoms with van der Waals surface area (Å²) in [5.74, 6) is 0.217. The third-order valence-electron chi connectivity index (χ3n) is 4.37. The number of nitrogens with one attached hydrogen (secondary N) is 1. The smallest absolute Gasteiger partial charge is 0.243 e. The number of benzene rings is 2. The maximum atomic E-state index is 13.0. The molecule has 1 unspecified atom stereocenters. The molecule has 3 rings (SSSR count). The minimum Gasteiger partial charge on any atom is -0.492 e. The van der Waals surface area contributed by atoms with Crippen molar-refractivity contribution < 1.29 is 17.9 Å². The molecule has 2 aromatic carbocycles. The van der Waals surface area contributed by atoms with E-state index in [1.165, 1.54) is 16.4 Å². The first-order valence-corrected chi connectivity index (χ1v) is 11.0. The van der Waals surface area contributed by atoms with Crippen LogP contribution in [0.4, 0.5) is 5.69 Å². The molecule has 1 fully saturated rings. The van der Waals surface area contributed by atoms with Crippen molar-refractivity contribution in [1.29, 1.82) is 0 Å². The molecule has 1 heterocycles. The van der Waals surface area contributed by atoms with Gasteiger partial charge in [-0.05, 0) is 56.2 Å². The van der Waals surface area contributed by atoms with Gasteiger partial charge in [0.05, 0.1) is 17.2 Å². The second-order valence-corrected chi connectivity index (χ2v) is 8.95. The van der Waals surface area contributed by atoms with Crippen LogP contribution in [0.5, 0.6) is 5.75 Å². The number of hydrogen-bond acceptors (Lipinski definition) is 4. The molecule has 1 saturated heterocycles. The van der Waals surface area contributed by atoms with E-state index in [1.54, 1.807) is 30.3 Å². The highest BCUT2D eigenvalue weighted by Crippen LogP contribution is 2.29. The van der Waals surface area contributed by atoms with Gasteiger partial charge in [0.1, 0.15) is 11.8 Å². The molecule has 8 heteroatoms. The molecule has 0 aromatic heterocycles. The Kier molecular flexibility index (Phi) is 6.18. The van der Waals surface area contributed by atoms with Crippen molar-refractivity contribution in [3.8, 4) is 5.75 Å². The van der Waals surface area contributed by atoms with Crippen LogP contribution in [0.25, 0.3) is 0 Å². The van der Waals surface area contributed by atoms with Crippen molar-refractivity contribution in [2.45, 2.75) is 30.7 Å². The molecular formula is C19H21BrN2O4S. The van der Waals surface area contributed by atoms with Crippen molar-refractivity contribution in [3.05, 3.63) is 53.0 Å². The lowest BCUT2D eigenvalue weighted by Gasteiger charge is -2.24. The molecule has 1 amide bonds. The van der Waals surface area contributed by atoms with Crippen molar-refractivity contribution in [2.75, 3.05) is 18.5 Å². The number of halogens is 1. The van der Waals surface area contributed by atoms with Crippen LogP contribution in [0.3, 0.4) is 0 Å². The Bertz CT molecular complexity index is 916. The lowest BCUT2D eigenvalue weighted by Crippen LogP contribution is -2.43. The minimum absolute atomic E-state index is 0.181. The summed E-state index contributed by atoms with van der Waals surface area (Å²) >= 11 is 3.30. The molecule has 0 radical (unpaired) electrons. The molecule has 1 N–H and O–H groups in total. The van der Waals surface area contributed by atoms with Crippen LogP contribution in [-0.4, -0.2) is 37.8 Å². The summed E-state index contributed by atoms with van der Waals surface area (Å²) in [7, 11) is -3.74. The van der Waals surface area contributed by atoms with Gasteiger partial charge < -0.3 is 10.1 Å². The maximum absolute atomic E-state index is 13.0. The molecule has 0 bridgehead atoms. The quantitative estimate of drug-likeness (QED) is 0.725. The largest absolute Gasteiger partial charge is 0.492 e. The predicted molar refractivity (Wildman–Crippen MR) is 107 cm³/mol. The van der Waals surface area contributed by atoms with Crippen LogP contribution < -0.4 is 10.1 Å². The Morgan fingerprint density at radius 1 is 1.22 bits per heavy atom. The summed E-state index contributed by atoms with van der Waals surface area (Å²) in [6, 6.07) is 12.8. The number of para-hydroxylation sites is 2. The SMILES string of the molecule is CCOc1ccccc1NC(=O)C1CCCN1S(=O)(=O)c1ccc(Br)cc1. The minimum atomic E-state index is -3.74. The van der Waals surface area contributed by atoms with Crippen LogP contribution in [0, 0.1) is 0 Å². The van der Waals surface area contributed by atoms with E-state index in [1.807, 2.05) is 13.0 Å². The molecule has 1 aliphatic heterocycles. The van der Waals surface area contributed by atoms with Crippen molar-refractivity contribution in [2.24, 2.45) is 0 Å². The number of ether oxygens (including phenoxy) is 1. The van der Waals surface area contributed by atoms with E-state index >= 15 is 0 Å². The van der Waals surface area contributed by atoms with E-state index < -0.39 is 16.1 Å². The van der Waals surface area contributed by atoms with Gasteiger partial charge in [-0.1, -0.05) is 28.1 Å². The summed E-state index contributed by atoms with van der Waals surface area (Å²) < 4.78 is 33.6. The summed E-state index contributed by atoms with van der Waals surface area (Å²) in [5, 5.41) is 2.82. The molecule has 1 atom stereocenters. The molecule has 0 aliphatic carbocycles. The van der Waals surface area contributed by atoms with Crippen molar-refractivity contribution in [1.82, 2.24) is 4.31 Å². The normalized spacial score (nSPS) is 17.6. The Balaban J connectivity index is 1.82. The summed E-state index contributed by atoms with van der Waals surface area (Å²) in [4.78, 5) is 13.0. The summed E-state index contributed by atoms with van der Waals surface area (Å²) in [5.41, 5.74) is 0.539. The average molecular weight is 453 g/mol. The number of nitrogens with zero attached hydrogens (tertiary/aromatic N) is 1. The van der Waals surface area contributed by atoms with Gasteiger partial charge in [-0.15, -0.1) is 0 Å². The van der Waals surface area contributed by atoms with Crippen LogP contribution >= 0.6 is 15.9 Å². The monoisotopic (exact) mass is 452 g/mol. The van der Waals surface area contributed by atoms with Gasteiger partial charge in [0.15, 0.2) is 0 Å². The van der Waals surface area contributed by atoms with Gasteiger partial charge in [0, 0.05) is 11.0 Å². The third kappa shape index (κ3) is 4.34. The second-order valence-electron chi connectivity index (χ2n) is 6.15. The molecule has 27 heavy (non-hydrogen) atoms. The highest BCUT2D eigenvalue weighted by Gasteiger charge is 2.39. The summed E-state index contributed by atoms with van der Waals surface area (Å²) in [6.07, 6.45) is 1.12. The van der Waals surface area contributed by atoms with E-state index in [9.17, 15) is 13.2 Å². The second kappa shape index (κ2) is 8.41. The molecule has 0 spiro atoms. The molecule has 144 valence electrons. The molecule has 2 aromatic rings. The van der Waals surface area contributed by atoms with Crippen LogP contribution in [0.2, 0.25) is 0 Å². The average Bonchev–Trinajstić information content (AvgIpc) is 3.15. The Labute approximate surface area is 167 Å².